The van der Waals surface area contributed by atoms with Crippen LogP contribution in [0, 0.1) is 11.6 Å². The number of esters is 1. The Hall–Kier alpha value is -1.69. The van der Waals surface area contributed by atoms with Crippen LogP contribution < -0.4 is 10.1 Å². The molecule has 0 aromatic heterocycles. The maximum Gasteiger partial charge on any atom is 0.326 e. The van der Waals surface area contributed by atoms with E-state index in [4.69, 9.17) is 9.47 Å². The molecule has 0 bridgehead atoms. The molecule has 0 aliphatic heterocycles. The number of rotatable bonds is 7. The smallest absolute Gasteiger partial charge is 0.326 e. The van der Waals surface area contributed by atoms with Crippen molar-refractivity contribution < 1.29 is 23.0 Å². The lowest BCUT2D eigenvalue weighted by molar-refractivity contribution is -0.146. The van der Waals surface area contributed by atoms with Crippen molar-refractivity contribution >= 4 is 5.97 Å². The molecule has 0 saturated carbocycles. The summed E-state index contributed by atoms with van der Waals surface area (Å²) >= 11 is 0. The first-order chi connectivity index (χ1) is 9.42. The molecule has 0 spiro atoms. The van der Waals surface area contributed by atoms with E-state index in [9.17, 15) is 13.6 Å². The largest absolute Gasteiger partial charge is 0.491 e. The molecule has 1 aromatic rings. The second-order valence-electron chi connectivity index (χ2n) is 4.54. The van der Waals surface area contributed by atoms with E-state index in [0.717, 1.165) is 18.2 Å². The van der Waals surface area contributed by atoms with Crippen LogP contribution in [0.4, 0.5) is 8.78 Å². The van der Waals surface area contributed by atoms with Crippen LogP contribution in [-0.2, 0) is 9.53 Å². The van der Waals surface area contributed by atoms with Crippen LogP contribution in [0.3, 0.4) is 0 Å². The summed E-state index contributed by atoms with van der Waals surface area (Å²) in [4.78, 5) is 11.7. The maximum atomic E-state index is 13.0. The van der Waals surface area contributed by atoms with E-state index >= 15 is 0 Å². The minimum atomic E-state index is -0.732. The summed E-state index contributed by atoms with van der Waals surface area (Å²) in [7, 11) is 0. The van der Waals surface area contributed by atoms with Gasteiger partial charge in [0.25, 0.3) is 0 Å². The average molecular weight is 287 g/mol. The lowest BCUT2D eigenvalue weighted by Gasteiger charge is -2.20. The van der Waals surface area contributed by atoms with Crippen molar-refractivity contribution in [3.8, 4) is 5.75 Å². The fraction of sp³-hybridized carbons (Fsp3) is 0.500. The molecule has 112 valence electrons. The van der Waals surface area contributed by atoms with Crippen molar-refractivity contribution in [2.24, 2.45) is 0 Å². The SMILES string of the molecule is CCOC(=O)C(COc1cc(F)cc(F)c1)NC(C)C. The monoisotopic (exact) mass is 287 g/mol. The predicted molar refractivity (Wildman–Crippen MR) is 70.5 cm³/mol. The normalized spacial score (nSPS) is 12.3. The van der Waals surface area contributed by atoms with E-state index in [1.165, 1.54) is 0 Å². The molecule has 0 fully saturated rings. The molecule has 1 aromatic carbocycles. The standard InChI is InChI=1S/C14H19F2NO3/c1-4-19-14(18)13(17-9(2)3)8-20-12-6-10(15)5-11(16)7-12/h5-7,9,13,17H,4,8H2,1-3H3. The van der Waals surface area contributed by atoms with Gasteiger partial charge in [0.05, 0.1) is 6.61 Å². The van der Waals surface area contributed by atoms with Gasteiger partial charge in [-0.1, -0.05) is 13.8 Å². The molecule has 0 aliphatic rings. The molecule has 1 N–H and O–H groups in total. The number of ether oxygens (including phenoxy) is 2. The van der Waals surface area contributed by atoms with Gasteiger partial charge in [0.2, 0.25) is 0 Å². The molecule has 0 aliphatic carbocycles. The van der Waals surface area contributed by atoms with Crippen molar-refractivity contribution in [2.75, 3.05) is 13.2 Å². The third kappa shape index (κ3) is 5.52. The van der Waals surface area contributed by atoms with Gasteiger partial charge in [-0.2, -0.15) is 0 Å². The molecule has 1 atom stereocenters. The van der Waals surface area contributed by atoms with E-state index in [1.54, 1.807) is 6.92 Å². The Kier molecular flexibility index (Phi) is 6.38. The lowest BCUT2D eigenvalue weighted by Crippen LogP contribution is -2.45. The van der Waals surface area contributed by atoms with Gasteiger partial charge in [-0.05, 0) is 6.92 Å². The van der Waals surface area contributed by atoms with Crippen LogP contribution >= 0.6 is 0 Å². The van der Waals surface area contributed by atoms with Gasteiger partial charge in [-0.15, -0.1) is 0 Å². The van der Waals surface area contributed by atoms with E-state index in [-0.39, 0.29) is 25.0 Å². The van der Waals surface area contributed by atoms with Gasteiger partial charge in [0, 0.05) is 24.2 Å². The van der Waals surface area contributed by atoms with Gasteiger partial charge >= 0.3 is 5.97 Å². The Balaban J connectivity index is 2.67. The molecular weight excluding hydrogens is 268 g/mol. The van der Waals surface area contributed by atoms with Gasteiger partial charge in [-0.3, -0.25) is 10.1 Å². The van der Waals surface area contributed by atoms with Crippen molar-refractivity contribution in [2.45, 2.75) is 32.9 Å². The van der Waals surface area contributed by atoms with Crippen molar-refractivity contribution in [1.29, 1.82) is 0 Å². The molecule has 0 saturated heterocycles. The Morgan fingerprint density at radius 3 is 2.35 bits per heavy atom. The number of nitrogens with one attached hydrogen (secondary N) is 1. The molecule has 4 nitrogen and oxygen atoms in total. The highest BCUT2D eigenvalue weighted by molar-refractivity contribution is 5.76. The number of hydrogen-bond acceptors (Lipinski definition) is 4. The van der Waals surface area contributed by atoms with Crippen LogP contribution in [0.1, 0.15) is 20.8 Å². The van der Waals surface area contributed by atoms with Gasteiger partial charge < -0.3 is 9.47 Å². The van der Waals surface area contributed by atoms with Crippen molar-refractivity contribution in [3.05, 3.63) is 29.8 Å². The van der Waals surface area contributed by atoms with E-state index in [1.807, 2.05) is 13.8 Å². The number of halogens is 2. The summed E-state index contributed by atoms with van der Waals surface area (Å²) in [5.74, 6) is -1.89. The second kappa shape index (κ2) is 7.79. The Morgan fingerprint density at radius 2 is 1.85 bits per heavy atom. The molecule has 1 rings (SSSR count). The predicted octanol–water partition coefficient (Wildman–Crippen LogP) is 2.27. The second-order valence-corrected chi connectivity index (χ2v) is 4.54. The van der Waals surface area contributed by atoms with Gasteiger partial charge in [-0.25, -0.2) is 8.78 Å². The zero-order chi connectivity index (χ0) is 15.1. The van der Waals surface area contributed by atoms with E-state index in [2.05, 4.69) is 5.32 Å². The minimum absolute atomic E-state index is 0.0300. The third-order valence-corrected chi connectivity index (χ3v) is 2.36. The summed E-state index contributed by atoms with van der Waals surface area (Å²) < 4.78 is 36.2. The topological polar surface area (TPSA) is 47.6 Å². The van der Waals surface area contributed by atoms with Crippen LogP contribution in [0.25, 0.3) is 0 Å². The summed E-state index contributed by atoms with van der Waals surface area (Å²) in [6, 6.07) is 2.21. The summed E-state index contributed by atoms with van der Waals surface area (Å²) in [5, 5.41) is 2.98. The summed E-state index contributed by atoms with van der Waals surface area (Å²) in [5.41, 5.74) is 0. The lowest BCUT2D eigenvalue weighted by atomic mass is 10.2. The Bertz CT molecular complexity index is 432. The first-order valence-electron chi connectivity index (χ1n) is 6.44. The number of carbonyl (C=O) groups is 1. The zero-order valence-corrected chi connectivity index (χ0v) is 11.8. The molecule has 1 unspecified atom stereocenters. The van der Waals surface area contributed by atoms with Gasteiger partial charge in [0.15, 0.2) is 0 Å². The van der Waals surface area contributed by atoms with Crippen LogP contribution in [0.5, 0.6) is 5.75 Å². The Labute approximate surface area is 117 Å². The average Bonchev–Trinajstić information content (AvgIpc) is 2.33. The first kappa shape index (κ1) is 16.4. The van der Waals surface area contributed by atoms with E-state index < -0.39 is 23.6 Å². The number of benzene rings is 1. The zero-order valence-electron chi connectivity index (χ0n) is 11.8. The van der Waals surface area contributed by atoms with Crippen LogP contribution in [0.15, 0.2) is 18.2 Å². The highest BCUT2D eigenvalue weighted by atomic mass is 19.1. The third-order valence-electron chi connectivity index (χ3n) is 2.36. The molecule has 0 heterocycles. The fourth-order valence-electron chi connectivity index (χ4n) is 1.62. The van der Waals surface area contributed by atoms with Crippen LogP contribution in [-0.4, -0.2) is 31.3 Å². The fourth-order valence-corrected chi connectivity index (χ4v) is 1.62. The molecule has 0 radical (unpaired) electrons. The van der Waals surface area contributed by atoms with Crippen molar-refractivity contribution in [1.82, 2.24) is 5.32 Å². The number of carbonyl (C=O) groups excluding carboxylic acids is 1. The van der Waals surface area contributed by atoms with Gasteiger partial charge in [0.1, 0.15) is 30.0 Å². The number of hydrogen-bond donors (Lipinski definition) is 1. The summed E-state index contributed by atoms with van der Waals surface area (Å²) in [6.07, 6.45) is 0. The van der Waals surface area contributed by atoms with Crippen LogP contribution in [0.2, 0.25) is 0 Å². The molecular formula is C14H19F2NO3. The minimum Gasteiger partial charge on any atom is -0.491 e. The molecule has 20 heavy (non-hydrogen) atoms. The first-order valence-corrected chi connectivity index (χ1v) is 6.44. The summed E-state index contributed by atoms with van der Waals surface area (Å²) in [6.45, 7) is 5.62. The van der Waals surface area contributed by atoms with Crippen molar-refractivity contribution in [3.63, 3.8) is 0 Å². The molecule has 0 amide bonds. The highest BCUT2D eigenvalue weighted by Gasteiger charge is 2.21. The molecule has 6 heteroatoms. The quantitative estimate of drug-likeness (QED) is 0.782. The Morgan fingerprint density at radius 1 is 1.25 bits per heavy atom. The van der Waals surface area contributed by atoms with E-state index in [0.29, 0.717) is 0 Å². The maximum absolute atomic E-state index is 13.0. The highest BCUT2D eigenvalue weighted by Crippen LogP contribution is 2.15.